The summed E-state index contributed by atoms with van der Waals surface area (Å²) in [6, 6.07) is 6.31. The maximum absolute atomic E-state index is 15.6. The van der Waals surface area contributed by atoms with Crippen LogP contribution in [0.1, 0.15) is 133 Å². The zero-order valence-corrected chi connectivity index (χ0v) is 62.7. The van der Waals surface area contributed by atoms with Crippen LogP contribution in [0.15, 0.2) is 66.7 Å². The molecule has 2 heterocycles. The number of halogens is 4. The molecule has 103 heavy (non-hydrogen) atoms. The Morgan fingerprint density at radius 3 is 1.84 bits per heavy atom. The van der Waals surface area contributed by atoms with Crippen LogP contribution in [-0.4, -0.2) is 251 Å². The molecule has 1 spiro atoms. The maximum Gasteiger partial charge on any atom is 0.417 e. The topological polar surface area (TPSA) is 294 Å². The summed E-state index contributed by atoms with van der Waals surface area (Å²) in [6.45, 7) is 11.1. The standard InChI is InChI=1S/C74H101ClF3N13O12/c1-17-44(4)61-70(101)86(12)47(7)65(96)91-35-32-55(91)69(100)88(14)57(38-49-26-24-43(3)25-27-49)68(99)84(10)42-59(92)80-54(31-29-48-28-30-52(53(75)37-48)74(76,77)78)66(97)87(13)56(39-50-22-21-23-51(36-50)41-79)64(95)82-73(33-19-20-34-73)72(103)90(16)62(45(5)18-2)71(102)89(15)58(67(98)83(8)9)40-60(93)85(11)46(6)63(94)81-61/h21-28,30,36-37,44-47,54-58,61-62H,17-20,29,31-35,38-40,42H2,1-16H3,(H,80,92)(H,81,94)(H,82,95)/t44-,45-,46-,47-,54-,55-,56-,57-,58-,61-,62-/m0/s1. The molecule has 11 atom stereocenters. The van der Waals surface area contributed by atoms with E-state index in [1.54, 1.807) is 52.0 Å². The summed E-state index contributed by atoms with van der Waals surface area (Å²) in [5.74, 6) is -10.2. The fraction of sp³-hybridized carbons (Fsp3) is 0.581. The quantitative estimate of drug-likeness (QED) is 0.215. The molecule has 3 aromatic carbocycles. The van der Waals surface area contributed by atoms with Crippen molar-refractivity contribution in [3.63, 3.8) is 0 Å². The number of alkyl halides is 3. The normalized spacial score (nSPS) is 24.8. The number of nitrogens with zero attached hydrogens (tertiary/aromatic N) is 10. The van der Waals surface area contributed by atoms with Gasteiger partial charge in [-0.15, -0.1) is 0 Å². The van der Waals surface area contributed by atoms with Gasteiger partial charge in [0.25, 0.3) is 0 Å². The molecule has 3 aliphatic rings. The van der Waals surface area contributed by atoms with E-state index in [1.165, 1.54) is 120 Å². The van der Waals surface area contributed by atoms with E-state index < -0.39 is 172 Å². The summed E-state index contributed by atoms with van der Waals surface area (Å²) in [7, 11) is 12.3. The van der Waals surface area contributed by atoms with Crippen LogP contribution in [0.5, 0.6) is 0 Å². The number of carbonyl (C=O) groups is 12. The van der Waals surface area contributed by atoms with E-state index in [2.05, 4.69) is 22.0 Å². The Balaban J connectivity index is 1.49. The van der Waals surface area contributed by atoms with Gasteiger partial charge < -0.3 is 60.0 Å². The van der Waals surface area contributed by atoms with Gasteiger partial charge in [-0.25, -0.2) is 0 Å². The second-order valence-electron chi connectivity index (χ2n) is 28.2. The van der Waals surface area contributed by atoms with Crippen molar-refractivity contribution in [1.29, 1.82) is 5.26 Å². The largest absolute Gasteiger partial charge is 0.417 e. The Labute approximate surface area is 607 Å². The van der Waals surface area contributed by atoms with Crippen molar-refractivity contribution in [1.82, 2.24) is 60.0 Å². The average Bonchev–Trinajstić information content (AvgIpc) is 1.32. The van der Waals surface area contributed by atoms with Gasteiger partial charge in [0.2, 0.25) is 70.9 Å². The Morgan fingerprint density at radius 1 is 0.680 bits per heavy atom. The van der Waals surface area contributed by atoms with Gasteiger partial charge >= 0.3 is 6.18 Å². The molecule has 1 saturated carbocycles. The first kappa shape index (κ1) is 82.8. The first-order valence-corrected chi connectivity index (χ1v) is 35.3. The van der Waals surface area contributed by atoms with Crippen LogP contribution in [0, 0.1) is 30.1 Å². The van der Waals surface area contributed by atoms with Crippen molar-refractivity contribution >= 4 is 82.5 Å². The summed E-state index contributed by atoms with van der Waals surface area (Å²) in [4.78, 5) is 189. The van der Waals surface area contributed by atoms with Crippen LogP contribution in [0.2, 0.25) is 5.02 Å². The van der Waals surface area contributed by atoms with Crippen molar-refractivity contribution in [2.45, 2.75) is 192 Å². The van der Waals surface area contributed by atoms with Crippen molar-refractivity contribution in [3.05, 3.63) is 105 Å². The number of benzene rings is 3. The van der Waals surface area contributed by atoms with E-state index >= 15 is 24.0 Å². The molecule has 25 nitrogen and oxygen atoms in total. The van der Waals surface area contributed by atoms with E-state index in [1.807, 2.05) is 19.1 Å². The number of aryl methyl sites for hydroxylation is 2. The molecule has 0 aromatic heterocycles. The molecular formula is C74H101ClF3N13O12. The predicted octanol–water partition coefficient (Wildman–Crippen LogP) is 5.00. The summed E-state index contributed by atoms with van der Waals surface area (Å²) < 4.78 is 41.9. The van der Waals surface area contributed by atoms with Crippen LogP contribution in [0.25, 0.3) is 0 Å². The number of hydrogen-bond acceptors (Lipinski definition) is 13. The lowest BCUT2D eigenvalue weighted by Gasteiger charge is -2.45. The fourth-order valence-electron chi connectivity index (χ4n) is 13.4. The highest BCUT2D eigenvalue weighted by Crippen LogP contribution is 2.37. The van der Waals surface area contributed by atoms with Crippen LogP contribution in [0.4, 0.5) is 13.2 Å². The number of hydrogen-bond donors (Lipinski definition) is 3. The molecule has 3 N–H and O–H groups in total. The first-order chi connectivity index (χ1) is 48.2. The molecular weight excluding hydrogens is 1360 g/mol. The molecule has 3 fully saturated rings. The van der Waals surface area contributed by atoms with E-state index in [0.717, 1.165) is 37.3 Å². The molecule has 12 amide bonds. The molecule has 2 saturated heterocycles. The molecule has 562 valence electrons. The minimum atomic E-state index is -4.81. The SMILES string of the molecule is CC[C@H](C)[C@@H]1NC(=O)[C@H](C)N(C)C(=O)C[C@@H](C(=O)N(C)C)N(C)C(=O)[C@H]([C@@H](C)CC)N(C)C(=O)C2(CCCC2)NC(=O)[C@H](Cc2cccc(C#N)c2)N(C)C(=O)[C@H](CCc2ccc(C(F)(F)F)c(Cl)c2)NC(=O)CN(C)C(=O)[C@H](Cc2ccc(C)cc2)N(C)C(=O)[C@@H]2CCN2C(=O)[C@H](C)N(C)C1=O. The molecule has 6 rings (SSSR count). The smallest absolute Gasteiger partial charge is 0.347 e. The van der Waals surface area contributed by atoms with E-state index in [9.17, 15) is 52.0 Å². The van der Waals surface area contributed by atoms with Gasteiger partial charge in [-0.1, -0.05) is 113 Å². The van der Waals surface area contributed by atoms with Gasteiger partial charge in [0.05, 0.1) is 35.2 Å². The number of rotatable bonds is 12. The maximum atomic E-state index is 15.6. The summed E-state index contributed by atoms with van der Waals surface area (Å²) in [6.07, 6.45) is -4.54. The minimum Gasteiger partial charge on any atom is -0.347 e. The third-order valence-electron chi connectivity index (χ3n) is 21.0. The van der Waals surface area contributed by atoms with Gasteiger partial charge in [-0.2, -0.15) is 18.4 Å². The van der Waals surface area contributed by atoms with Crippen LogP contribution in [-0.2, 0) is 83.0 Å². The number of amides is 12. The fourth-order valence-corrected chi connectivity index (χ4v) is 13.7. The lowest BCUT2D eigenvalue weighted by molar-refractivity contribution is -0.160. The number of nitriles is 1. The van der Waals surface area contributed by atoms with Gasteiger partial charge in [0.15, 0.2) is 0 Å². The molecule has 3 aromatic rings. The predicted molar refractivity (Wildman–Crippen MR) is 378 cm³/mol. The molecule has 2 aliphatic heterocycles. The highest BCUT2D eigenvalue weighted by atomic mass is 35.5. The second kappa shape index (κ2) is 35.4. The summed E-state index contributed by atoms with van der Waals surface area (Å²) >= 11 is 6.18. The Morgan fingerprint density at radius 2 is 1.28 bits per heavy atom. The Kier molecular flexibility index (Phi) is 28.4. The molecule has 29 heteroatoms. The van der Waals surface area contributed by atoms with E-state index in [0.29, 0.717) is 36.8 Å². The molecule has 0 unspecified atom stereocenters. The van der Waals surface area contributed by atoms with E-state index in [4.69, 9.17) is 11.6 Å². The van der Waals surface area contributed by atoms with Crippen LogP contribution in [0.3, 0.4) is 0 Å². The number of nitrogens with one attached hydrogen (secondary N) is 3. The zero-order chi connectivity index (χ0) is 77.0. The van der Waals surface area contributed by atoms with Gasteiger partial charge in [-0.3, -0.25) is 57.5 Å². The van der Waals surface area contributed by atoms with Crippen LogP contribution >= 0.6 is 11.6 Å². The molecule has 0 radical (unpaired) electrons. The van der Waals surface area contributed by atoms with Gasteiger partial charge in [0, 0.05) is 82.8 Å². The minimum absolute atomic E-state index is 0.0546. The summed E-state index contributed by atoms with van der Waals surface area (Å²) in [5.41, 5.74) is -0.521. The lowest BCUT2D eigenvalue weighted by Crippen LogP contribution is -2.65. The highest BCUT2D eigenvalue weighted by Gasteiger charge is 2.51. The monoisotopic (exact) mass is 1460 g/mol. The summed E-state index contributed by atoms with van der Waals surface area (Å²) in [5, 5.41) is 17.8. The Bertz CT molecular complexity index is 3700. The number of carbonyl (C=O) groups excluding carboxylic acids is 12. The molecule has 1 aliphatic carbocycles. The third kappa shape index (κ3) is 19.6. The third-order valence-corrected chi connectivity index (χ3v) is 21.3. The van der Waals surface area contributed by atoms with Crippen molar-refractivity contribution in [2.75, 3.05) is 76.5 Å². The van der Waals surface area contributed by atoms with E-state index in [-0.39, 0.29) is 62.6 Å². The first-order valence-electron chi connectivity index (χ1n) is 34.9. The zero-order valence-electron chi connectivity index (χ0n) is 62.0. The number of fused-ring (bicyclic) bond motifs is 1. The average molecular weight is 1460 g/mol. The van der Waals surface area contributed by atoms with Crippen molar-refractivity contribution < 1.29 is 70.7 Å². The highest BCUT2D eigenvalue weighted by molar-refractivity contribution is 6.31. The second-order valence-corrected chi connectivity index (χ2v) is 28.6. The van der Waals surface area contributed by atoms with Gasteiger partial charge in [-0.05, 0) is 106 Å². The van der Waals surface area contributed by atoms with Gasteiger partial charge in [0.1, 0.15) is 59.9 Å². The van der Waals surface area contributed by atoms with Crippen molar-refractivity contribution in [3.8, 4) is 6.07 Å². The Hall–Kier alpha value is -9.13. The van der Waals surface area contributed by atoms with Crippen LogP contribution < -0.4 is 16.0 Å². The number of likely N-dealkylation sites (N-methyl/N-ethyl adjacent to an activating group) is 8. The lowest BCUT2D eigenvalue weighted by atomic mass is 9.90. The van der Waals surface area contributed by atoms with Crippen molar-refractivity contribution in [2.24, 2.45) is 11.8 Å². The molecule has 0 bridgehead atoms.